The van der Waals surface area contributed by atoms with Crippen LogP contribution in [-0.2, 0) is 32.7 Å². The molecule has 0 aromatic rings. The minimum absolute atomic E-state index is 0.170. The van der Waals surface area contributed by atoms with Gasteiger partial charge in [-0.05, 0) is 64.2 Å². The van der Waals surface area contributed by atoms with Crippen LogP contribution in [0.25, 0.3) is 0 Å². The van der Waals surface area contributed by atoms with Crippen molar-refractivity contribution in [1.82, 2.24) is 0 Å². The van der Waals surface area contributed by atoms with Gasteiger partial charge >= 0.3 is 19.8 Å². The summed E-state index contributed by atoms with van der Waals surface area (Å²) in [7, 11) is -4.62. The summed E-state index contributed by atoms with van der Waals surface area (Å²) in [5.74, 6) is -0.954. The molecule has 0 bridgehead atoms. The molecule has 3 atom stereocenters. The Balaban J connectivity index is 4.39. The monoisotopic (exact) mass is 744 g/mol. The molecule has 51 heavy (non-hydrogen) atoms. The third kappa shape index (κ3) is 36.3. The van der Waals surface area contributed by atoms with E-state index in [0.29, 0.717) is 12.8 Å². The first-order valence-electron chi connectivity index (χ1n) is 20.0. The van der Waals surface area contributed by atoms with Crippen LogP contribution in [0.1, 0.15) is 168 Å². The van der Waals surface area contributed by atoms with E-state index in [1.807, 2.05) is 0 Å². The Morgan fingerprint density at radius 1 is 0.588 bits per heavy atom. The van der Waals surface area contributed by atoms with E-state index in [1.165, 1.54) is 51.4 Å². The first-order chi connectivity index (χ1) is 24.7. The lowest BCUT2D eigenvalue weighted by Gasteiger charge is -2.20. The number of rotatable bonds is 37. The lowest BCUT2D eigenvalue weighted by molar-refractivity contribution is -0.161. The maximum Gasteiger partial charge on any atom is 0.472 e. The zero-order valence-electron chi connectivity index (χ0n) is 32.1. The Labute approximate surface area is 310 Å². The van der Waals surface area contributed by atoms with E-state index in [2.05, 4.69) is 54.8 Å². The number of ether oxygens (including phenoxy) is 2. The van der Waals surface area contributed by atoms with Gasteiger partial charge in [0, 0.05) is 12.8 Å². The fourth-order valence-corrected chi connectivity index (χ4v) is 5.94. The van der Waals surface area contributed by atoms with E-state index in [1.54, 1.807) is 0 Å². The first kappa shape index (κ1) is 49.2. The number of phosphoric acid groups is 1. The molecule has 0 fully saturated rings. The van der Waals surface area contributed by atoms with E-state index in [-0.39, 0.29) is 19.4 Å². The Bertz CT molecular complexity index is 952. The van der Waals surface area contributed by atoms with Crippen molar-refractivity contribution in [3.8, 4) is 0 Å². The van der Waals surface area contributed by atoms with Gasteiger partial charge in [-0.1, -0.05) is 127 Å². The largest absolute Gasteiger partial charge is 0.472 e. The molecule has 0 aliphatic carbocycles. The van der Waals surface area contributed by atoms with Crippen LogP contribution in [0.2, 0.25) is 0 Å². The van der Waals surface area contributed by atoms with Gasteiger partial charge in [0.25, 0.3) is 0 Å². The number of allylic oxidation sites excluding steroid dienone is 6. The van der Waals surface area contributed by atoms with Gasteiger partial charge < -0.3 is 24.6 Å². The molecule has 0 aromatic carbocycles. The highest BCUT2D eigenvalue weighted by molar-refractivity contribution is 7.47. The molecule has 0 spiro atoms. The summed E-state index contributed by atoms with van der Waals surface area (Å²) in [5.41, 5.74) is 0. The number of carbonyl (C=O) groups is 2. The zero-order valence-corrected chi connectivity index (χ0v) is 33.0. The number of unbranched alkanes of at least 4 members (excludes halogenated alkanes) is 18. The number of hydrogen-bond acceptors (Lipinski definition) is 9. The smallest absolute Gasteiger partial charge is 0.462 e. The fraction of sp³-hybridized carbons (Fsp3) is 0.800. The topological polar surface area (TPSA) is 149 Å². The molecule has 1 unspecified atom stereocenters. The molecule has 3 N–H and O–H groups in total. The number of hydrogen-bond donors (Lipinski definition) is 3. The summed E-state index contributed by atoms with van der Waals surface area (Å²) in [6, 6.07) is 0. The van der Waals surface area contributed by atoms with Crippen LogP contribution in [0.4, 0.5) is 0 Å². The van der Waals surface area contributed by atoms with Crippen molar-refractivity contribution in [2.24, 2.45) is 0 Å². The van der Waals surface area contributed by atoms with Crippen molar-refractivity contribution in [2.75, 3.05) is 26.4 Å². The predicted molar refractivity (Wildman–Crippen MR) is 205 cm³/mol. The van der Waals surface area contributed by atoms with Gasteiger partial charge in [0.15, 0.2) is 6.10 Å². The van der Waals surface area contributed by atoms with E-state index in [4.69, 9.17) is 19.1 Å². The van der Waals surface area contributed by atoms with Crippen LogP contribution in [-0.4, -0.2) is 65.7 Å². The summed E-state index contributed by atoms with van der Waals surface area (Å²) >= 11 is 0. The first-order valence-corrected chi connectivity index (χ1v) is 21.5. The molecule has 10 nitrogen and oxygen atoms in total. The Hall–Kier alpha value is -1.81. The summed E-state index contributed by atoms with van der Waals surface area (Å²) in [5, 5.41) is 18.3. The van der Waals surface area contributed by atoms with Gasteiger partial charge in [-0.2, -0.15) is 0 Å². The maximum absolute atomic E-state index is 12.5. The van der Waals surface area contributed by atoms with Gasteiger partial charge in [-0.25, -0.2) is 4.57 Å². The van der Waals surface area contributed by atoms with Crippen LogP contribution in [0.3, 0.4) is 0 Å². The lowest BCUT2D eigenvalue weighted by Crippen LogP contribution is -2.29. The molecule has 0 rings (SSSR count). The zero-order chi connectivity index (χ0) is 37.7. The summed E-state index contributed by atoms with van der Waals surface area (Å²) in [6.07, 6.45) is 35.4. The Morgan fingerprint density at radius 2 is 1.02 bits per heavy atom. The average molecular weight is 745 g/mol. The van der Waals surface area contributed by atoms with Crippen molar-refractivity contribution in [2.45, 2.75) is 180 Å². The van der Waals surface area contributed by atoms with Gasteiger partial charge in [0.1, 0.15) is 12.7 Å². The van der Waals surface area contributed by atoms with Crippen LogP contribution >= 0.6 is 7.82 Å². The third-order valence-corrected chi connectivity index (χ3v) is 9.25. The van der Waals surface area contributed by atoms with Gasteiger partial charge in [-0.3, -0.25) is 18.6 Å². The highest BCUT2D eigenvalue weighted by Gasteiger charge is 2.27. The van der Waals surface area contributed by atoms with Gasteiger partial charge in [0.05, 0.1) is 19.8 Å². The third-order valence-electron chi connectivity index (χ3n) is 8.29. The highest BCUT2D eigenvalue weighted by atomic mass is 31.2. The second kappa shape index (κ2) is 36.5. The van der Waals surface area contributed by atoms with Crippen LogP contribution in [0.5, 0.6) is 0 Å². The predicted octanol–water partition coefficient (Wildman–Crippen LogP) is 10.00. The molecule has 0 aliphatic heterocycles. The maximum atomic E-state index is 12.5. The SMILES string of the molecule is CCCCCC/C=C/C=C/CCCCCCCC(=O)OC[C@H](COP(=O)(O)OC[C@@H](O)CO)OC(=O)CCCCCCC/C=C/CCCCCC. The number of aliphatic hydroxyl groups excluding tert-OH is 2. The molecule has 0 saturated carbocycles. The fourth-order valence-electron chi connectivity index (χ4n) is 5.15. The molecule has 0 heterocycles. The van der Waals surface area contributed by atoms with Crippen molar-refractivity contribution >= 4 is 19.8 Å². The van der Waals surface area contributed by atoms with Crippen LogP contribution in [0, 0.1) is 0 Å². The molecular formula is C40H73O10P. The number of esters is 2. The molecule has 0 aromatic heterocycles. The number of carbonyl (C=O) groups excluding carboxylic acids is 2. The van der Waals surface area contributed by atoms with Crippen molar-refractivity contribution in [1.29, 1.82) is 0 Å². The van der Waals surface area contributed by atoms with Gasteiger partial charge in [-0.15, -0.1) is 0 Å². The summed E-state index contributed by atoms with van der Waals surface area (Å²) in [4.78, 5) is 34.8. The van der Waals surface area contributed by atoms with E-state index in [9.17, 15) is 24.2 Å². The standard InChI is InChI=1S/C40H73O10P/c1-3-5-7-9-11-13-15-17-18-20-21-23-25-27-29-31-39(43)47-35-38(36-49-51(45,46)48-34-37(42)33-41)50-40(44)32-30-28-26-24-22-19-16-14-12-10-8-6-4-2/h13-18,37-38,41-42H,3-12,19-36H2,1-2H3,(H,45,46)/b15-13+,16-14+,18-17+/t37-,38+/m0/s1. The Morgan fingerprint density at radius 3 is 1.53 bits per heavy atom. The lowest BCUT2D eigenvalue weighted by atomic mass is 10.1. The summed E-state index contributed by atoms with van der Waals surface area (Å²) in [6.45, 7) is 2.30. The minimum Gasteiger partial charge on any atom is -0.462 e. The molecule has 0 amide bonds. The highest BCUT2D eigenvalue weighted by Crippen LogP contribution is 2.43. The second-order valence-corrected chi connectivity index (χ2v) is 14.8. The molecule has 0 radical (unpaired) electrons. The Kier molecular flexibility index (Phi) is 35.2. The summed E-state index contributed by atoms with van der Waals surface area (Å²) < 4.78 is 32.6. The van der Waals surface area contributed by atoms with Gasteiger partial charge in [0.2, 0.25) is 0 Å². The van der Waals surface area contributed by atoms with E-state index >= 15 is 0 Å². The quantitative estimate of drug-likeness (QED) is 0.0184. The second-order valence-electron chi connectivity index (χ2n) is 13.3. The minimum atomic E-state index is -4.62. The average Bonchev–Trinajstić information content (AvgIpc) is 3.12. The van der Waals surface area contributed by atoms with E-state index < -0.39 is 51.8 Å². The molecule has 0 aliphatic rings. The molecule has 0 saturated heterocycles. The van der Waals surface area contributed by atoms with Crippen molar-refractivity contribution in [3.05, 3.63) is 36.5 Å². The van der Waals surface area contributed by atoms with Crippen molar-refractivity contribution < 1.29 is 47.8 Å². The molecule has 11 heteroatoms. The van der Waals surface area contributed by atoms with Crippen LogP contribution in [0.15, 0.2) is 36.5 Å². The number of aliphatic hydroxyl groups is 2. The van der Waals surface area contributed by atoms with E-state index in [0.717, 1.165) is 77.0 Å². The normalized spacial score (nSPS) is 14.4. The molecule has 298 valence electrons. The number of phosphoric ester groups is 1. The molecular weight excluding hydrogens is 671 g/mol. The van der Waals surface area contributed by atoms with Crippen molar-refractivity contribution in [3.63, 3.8) is 0 Å². The van der Waals surface area contributed by atoms with Crippen LogP contribution < -0.4 is 0 Å².